The van der Waals surface area contributed by atoms with Crippen LogP contribution in [0.1, 0.15) is 27.2 Å². The summed E-state index contributed by atoms with van der Waals surface area (Å²) < 4.78 is 41.8. The first-order valence-corrected chi connectivity index (χ1v) is 8.72. The molecule has 27 heavy (non-hydrogen) atoms. The highest BCUT2D eigenvalue weighted by atomic mass is 127. The number of carbonyl (C=O) groups excluding carboxylic acids is 1. The van der Waals surface area contributed by atoms with Gasteiger partial charge < -0.3 is 20.3 Å². The summed E-state index contributed by atoms with van der Waals surface area (Å²) in [4.78, 5) is 19.8. The van der Waals surface area contributed by atoms with Crippen LogP contribution in [0, 0.1) is 0 Å². The lowest BCUT2D eigenvalue weighted by Gasteiger charge is -2.35. The van der Waals surface area contributed by atoms with Crippen molar-refractivity contribution in [3.05, 3.63) is 0 Å². The van der Waals surface area contributed by atoms with Crippen molar-refractivity contribution in [2.24, 2.45) is 4.99 Å². The molecule has 0 saturated carbocycles. The molecule has 1 aliphatic rings. The minimum absolute atomic E-state index is 0. The molecule has 1 saturated heterocycles. The van der Waals surface area contributed by atoms with E-state index in [1.807, 2.05) is 20.8 Å². The van der Waals surface area contributed by atoms with Gasteiger partial charge in [0, 0.05) is 52.9 Å². The second-order valence-electron chi connectivity index (χ2n) is 7.10. The molecular formula is C16H31F3IN5O2. The topological polar surface area (TPSA) is 69.2 Å². The first kappa shape index (κ1) is 26.0. The summed E-state index contributed by atoms with van der Waals surface area (Å²) in [6.45, 7) is 9.19. The Bertz CT molecular complexity index is 476. The van der Waals surface area contributed by atoms with Crippen molar-refractivity contribution >= 4 is 36.0 Å². The predicted octanol–water partition coefficient (Wildman–Crippen LogP) is 2.27. The van der Waals surface area contributed by atoms with Gasteiger partial charge in [0.05, 0.1) is 6.42 Å². The molecule has 0 radical (unpaired) electrons. The number of nitrogens with zero attached hydrogens (tertiary/aromatic N) is 3. The minimum Gasteiger partial charge on any atom is -0.444 e. The molecule has 2 N–H and O–H groups in total. The third-order valence-corrected chi connectivity index (χ3v) is 3.67. The number of amides is 1. The molecule has 0 aromatic rings. The molecular weight excluding hydrogens is 478 g/mol. The first-order chi connectivity index (χ1) is 12.0. The Hall–Kier alpha value is -0.980. The van der Waals surface area contributed by atoms with E-state index in [0.29, 0.717) is 32.1 Å². The van der Waals surface area contributed by atoms with Gasteiger partial charge in [0.2, 0.25) is 0 Å². The number of hydrogen-bond acceptors (Lipinski definition) is 4. The van der Waals surface area contributed by atoms with Gasteiger partial charge in [-0.25, -0.2) is 4.79 Å². The Kier molecular flexibility index (Phi) is 11.3. The van der Waals surface area contributed by atoms with Gasteiger partial charge in [-0.05, 0) is 20.8 Å². The maximum absolute atomic E-state index is 12.1. The quantitative estimate of drug-likeness (QED) is 0.338. The van der Waals surface area contributed by atoms with Crippen molar-refractivity contribution in [3.8, 4) is 0 Å². The fourth-order valence-electron chi connectivity index (χ4n) is 2.36. The normalized spacial score (nSPS) is 16.6. The van der Waals surface area contributed by atoms with Crippen LogP contribution in [0.25, 0.3) is 0 Å². The van der Waals surface area contributed by atoms with Crippen LogP contribution in [-0.4, -0.2) is 86.5 Å². The van der Waals surface area contributed by atoms with Crippen LogP contribution in [0.4, 0.5) is 18.0 Å². The molecule has 0 spiro atoms. The van der Waals surface area contributed by atoms with E-state index in [0.717, 1.165) is 13.1 Å². The Morgan fingerprint density at radius 3 is 2.11 bits per heavy atom. The molecule has 0 bridgehead atoms. The average Bonchev–Trinajstić information content (AvgIpc) is 2.51. The van der Waals surface area contributed by atoms with Crippen molar-refractivity contribution in [2.75, 3.05) is 52.9 Å². The molecule has 1 heterocycles. The minimum atomic E-state index is -4.18. The number of guanidine groups is 1. The Morgan fingerprint density at radius 2 is 1.63 bits per heavy atom. The summed E-state index contributed by atoms with van der Waals surface area (Å²) in [5, 5.41) is 5.63. The molecule has 160 valence electrons. The van der Waals surface area contributed by atoms with Crippen LogP contribution in [-0.2, 0) is 4.74 Å². The molecule has 0 aromatic heterocycles. The largest absolute Gasteiger partial charge is 0.444 e. The molecule has 1 aliphatic heterocycles. The van der Waals surface area contributed by atoms with Gasteiger partial charge in [-0.2, -0.15) is 13.2 Å². The van der Waals surface area contributed by atoms with Gasteiger partial charge in [-0.1, -0.05) is 0 Å². The van der Waals surface area contributed by atoms with Crippen LogP contribution in [0.5, 0.6) is 0 Å². The van der Waals surface area contributed by atoms with Gasteiger partial charge in [-0.15, -0.1) is 24.0 Å². The van der Waals surface area contributed by atoms with Gasteiger partial charge in [0.15, 0.2) is 5.96 Å². The zero-order valence-corrected chi connectivity index (χ0v) is 18.7. The highest BCUT2D eigenvalue weighted by Crippen LogP contribution is 2.18. The van der Waals surface area contributed by atoms with Crippen molar-refractivity contribution in [3.63, 3.8) is 0 Å². The van der Waals surface area contributed by atoms with Crippen molar-refractivity contribution in [1.82, 2.24) is 20.4 Å². The molecule has 0 atom stereocenters. The Labute approximate surface area is 176 Å². The predicted molar refractivity (Wildman–Crippen MR) is 110 cm³/mol. The third-order valence-electron chi connectivity index (χ3n) is 3.67. The SMILES string of the molecule is CN=C(NCCN1CCN(C(=O)OC(C)(C)C)CC1)NCCC(F)(F)F.I. The van der Waals surface area contributed by atoms with Crippen LogP contribution in [0.15, 0.2) is 4.99 Å². The van der Waals surface area contributed by atoms with Crippen molar-refractivity contribution < 1.29 is 22.7 Å². The van der Waals surface area contributed by atoms with E-state index in [2.05, 4.69) is 20.5 Å². The molecule has 0 aromatic carbocycles. The number of hydrogen-bond donors (Lipinski definition) is 2. The molecule has 0 unspecified atom stereocenters. The first-order valence-electron chi connectivity index (χ1n) is 8.72. The maximum atomic E-state index is 12.1. The fourth-order valence-corrected chi connectivity index (χ4v) is 2.36. The summed E-state index contributed by atoms with van der Waals surface area (Å²) in [5.74, 6) is 0.349. The Balaban J connectivity index is 0.00000676. The average molecular weight is 509 g/mol. The van der Waals surface area contributed by atoms with Crippen molar-refractivity contribution in [2.45, 2.75) is 39.0 Å². The number of halogens is 4. The molecule has 1 amide bonds. The van der Waals surface area contributed by atoms with Crippen LogP contribution < -0.4 is 10.6 Å². The lowest BCUT2D eigenvalue weighted by molar-refractivity contribution is -0.132. The summed E-state index contributed by atoms with van der Waals surface area (Å²) in [7, 11) is 1.52. The smallest absolute Gasteiger partial charge is 0.410 e. The van der Waals surface area contributed by atoms with E-state index < -0.39 is 18.2 Å². The van der Waals surface area contributed by atoms with E-state index in [1.165, 1.54) is 7.05 Å². The molecule has 11 heteroatoms. The lowest BCUT2D eigenvalue weighted by Crippen LogP contribution is -2.51. The fraction of sp³-hybridized carbons (Fsp3) is 0.875. The van der Waals surface area contributed by atoms with Gasteiger partial charge >= 0.3 is 12.3 Å². The van der Waals surface area contributed by atoms with E-state index in [-0.39, 0.29) is 36.6 Å². The van der Waals surface area contributed by atoms with Crippen LogP contribution in [0.2, 0.25) is 0 Å². The van der Waals surface area contributed by atoms with E-state index in [4.69, 9.17) is 4.74 Å². The molecule has 1 fully saturated rings. The molecule has 0 aliphatic carbocycles. The summed E-state index contributed by atoms with van der Waals surface area (Å²) in [6.07, 6.45) is -5.38. The van der Waals surface area contributed by atoms with Gasteiger partial charge in [-0.3, -0.25) is 9.89 Å². The summed E-state index contributed by atoms with van der Waals surface area (Å²) in [5.41, 5.74) is -0.507. The van der Waals surface area contributed by atoms with Crippen molar-refractivity contribution in [1.29, 1.82) is 0 Å². The van der Waals surface area contributed by atoms with Crippen LogP contribution in [0.3, 0.4) is 0 Å². The van der Waals surface area contributed by atoms with E-state index in [1.54, 1.807) is 4.90 Å². The number of piperazine rings is 1. The van der Waals surface area contributed by atoms with Crippen LogP contribution >= 0.6 is 24.0 Å². The highest BCUT2D eigenvalue weighted by Gasteiger charge is 2.27. The number of carbonyl (C=O) groups is 1. The number of ether oxygens (including phenoxy) is 1. The molecule has 1 rings (SSSR count). The summed E-state index contributed by atoms with van der Waals surface area (Å²) >= 11 is 0. The highest BCUT2D eigenvalue weighted by molar-refractivity contribution is 14.0. The van der Waals surface area contributed by atoms with Gasteiger partial charge in [0.1, 0.15) is 5.60 Å². The van der Waals surface area contributed by atoms with E-state index in [9.17, 15) is 18.0 Å². The second kappa shape index (κ2) is 11.8. The van der Waals surface area contributed by atoms with Gasteiger partial charge in [0.25, 0.3) is 0 Å². The number of alkyl halides is 3. The monoisotopic (exact) mass is 509 g/mol. The second-order valence-corrected chi connectivity index (χ2v) is 7.10. The number of aliphatic imine (C=N–C) groups is 1. The zero-order chi connectivity index (χ0) is 19.8. The Morgan fingerprint density at radius 1 is 1.07 bits per heavy atom. The molecule has 7 nitrogen and oxygen atoms in total. The number of rotatable bonds is 5. The lowest BCUT2D eigenvalue weighted by atomic mass is 10.2. The standard InChI is InChI=1S/C16H30F3N5O2.HI/c1-15(2,3)26-14(25)24-11-9-23(10-12-24)8-7-22-13(20-4)21-6-5-16(17,18)19;/h5-12H2,1-4H3,(H2,20,21,22);1H. The summed E-state index contributed by atoms with van der Waals surface area (Å²) in [6, 6.07) is 0. The third kappa shape index (κ3) is 12.2. The number of nitrogens with one attached hydrogen (secondary N) is 2. The van der Waals surface area contributed by atoms with E-state index >= 15 is 0 Å². The zero-order valence-electron chi connectivity index (χ0n) is 16.4. The maximum Gasteiger partial charge on any atom is 0.410 e.